The third-order valence-corrected chi connectivity index (χ3v) is 4.29. The first-order valence-corrected chi connectivity index (χ1v) is 7.03. The second kappa shape index (κ2) is 4.82. The van der Waals surface area contributed by atoms with Crippen molar-refractivity contribution in [1.82, 2.24) is 4.98 Å². The topological polar surface area (TPSA) is 38.9 Å². The van der Waals surface area contributed by atoms with E-state index in [1.54, 1.807) is 11.3 Å². The summed E-state index contributed by atoms with van der Waals surface area (Å²) in [6, 6.07) is 4.44. The number of aryl methyl sites for hydroxylation is 4. The lowest BCUT2D eigenvalue weighted by Crippen LogP contribution is -2.04. The molecule has 0 saturated carbocycles. The molecule has 1 heterocycles. The van der Waals surface area contributed by atoms with E-state index >= 15 is 0 Å². The third-order valence-electron chi connectivity index (χ3n) is 3.12. The smallest absolute Gasteiger partial charge is 0.110 e. The van der Waals surface area contributed by atoms with Gasteiger partial charge in [-0.1, -0.05) is 17.7 Å². The van der Waals surface area contributed by atoms with Crippen LogP contribution in [0.4, 0.5) is 0 Å². The molecule has 1 aromatic heterocycles. The highest BCUT2D eigenvalue weighted by Gasteiger charge is 2.15. The molecule has 1 unspecified atom stereocenters. The van der Waals surface area contributed by atoms with E-state index in [2.05, 4.69) is 39.8 Å². The van der Waals surface area contributed by atoms with Gasteiger partial charge in [0, 0.05) is 10.4 Å². The van der Waals surface area contributed by atoms with E-state index in [0.717, 1.165) is 10.7 Å². The quantitative estimate of drug-likeness (QED) is 0.884. The number of rotatable bonds is 2. The lowest BCUT2D eigenvalue weighted by Gasteiger charge is -2.10. The molecule has 0 saturated heterocycles. The average Bonchev–Trinajstić information content (AvgIpc) is 2.59. The fourth-order valence-corrected chi connectivity index (χ4v) is 3.28. The van der Waals surface area contributed by atoms with E-state index in [9.17, 15) is 0 Å². The Morgan fingerprint density at radius 2 is 1.67 bits per heavy atom. The molecule has 0 radical (unpaired) electrons. The van der Waals surface area contributed by atoms with Gasteiger partial charge in [-0.05, 0) is 45.7 Å². The highest BCUT2D eigenvalue weighted by atomic mass is 32.1. The first-order valence-electron chi connectivity index (χ1n) is 6.21. The lowest BCUT2D eigenvalue weighted by molar-refractivity contribution is 0.808. The maximum Gasteiger partial charge on any atom is 0.110 e. The third kappa shape index (κ3) is 2.33. The number of aromatic nitrogens is 1. The number of nitrogens with zero attached hydrogens (tertiary/aromatic N) is 1. The predicted molar refractivity (Wildman–Crippen MR) is 79.1 cm³/mol. The molecule has 0 aliphatic heterocycles. The molecule has 2 N–H and O–H groups in total. The van der Waals surface area contributed by atoms with Crippen LogP contribution in [-0.4, -0.2) is 4.98 Å². The highest BCUT2D eigenvalue weighted by Crippen LogP contribution is 2.34. The summed E-state index contributed by atoms with van der Waals surface area (Å²) in [6.07, 6.45) is 0. The summed E-state index contributed by atoms with van der Waals surface area (Å²) in [5.74, 6) is 0. The largest absolute Gasteiger partial charge is 0.322 e. The average molecular weight is 260 g/mol. The summed E-state index contributed by atoms with van der Waals surface area (Å²) in [7, 11) is 0. The second-order valence-corrected chi connectivity index (χ2v) is 6.25. The summed E-state index contributed by atoms with van der Waals surface area (Å²) < 4.78 is 0. The van der Waals surface area contributed by atoms with Crippen molar-refractivity contribution in [2.75, 3.05) is 0 Å². The highest BCUT2D eigenvalue weighted by molar-refractivity contribution is 7.12. The van der Waals surface area contributed by atoms with Crippen LogP contribution >= 0.6 is 11.3 Å². The molecular formula is C15H20N2S. The van der Waals surface area contributed by atoms with Crippen LogP contribution in [0.3, 0.4) is 0 Å². The van der Waals surface area contributed by atoms with Crippen LogP contribution in [0.15, 0.2) is 12.1 Å². The number of thiazole rings is 1. The molecule has 2 nitrogen and oxygen atoms in total. The lowest BCUT2D eigenvalue weighted by atomic mass is 9.97. The molecule has 1 aromatic carbocycles. The van der Waals surface area contributed by atoms with Crippen LogP contribution in [0.2, 0.25) is 0 Å². The summed E-state index contributed by atoms with van der Waals surface area (Å²) in [4.78, 5) is 5.97. The van der Waals surface area contributed by atoms with Crippen molar-refractivity contribution >= 4 is 11.3 Å². The monoisotopic (exact) mass is 260 g/mol. The zero-order chi connectivity index (χ0) is 13.4. The zero-order valence-corrected chi connectivity index (χ0v) is 12.5. The van der Waals surface area contributed by atoms with Crippen molar-refractivity contribution in [2.24, 2.45) is 5.73 Å². The Kier molecular flexibility index (Phi) is 3.55. The van der Waals surface area contributed by atoms with Crippen LogP contribution in [0.5, 0.6) is 0 Å². The van der Waals surface area contributed by atoms with Crippen molar-refractivity contribution < 1.29 is 0 Å². The van der Waals surface area contributed by atoms with Gasteiger partial charge < -0.3 is 5.73 Å². The van der Waals surface area contributed by atoms with Gasteiger partial charge in [0.25, 0.3) is 0 Å². The van der Waals surface area contributed by atoms with Crippen molar-refractivity contribution in [1.29, 1.82) is 0 Å². The predicted octanol–water partition coefficient (Wildman–Crippen LogP) is 4.06. The van der Waals surface area contributed by atoms with Crippen LogP contribution < -0.4 is 5.73 Å². The summed E-state index contributed by atoms with van der Waals surface area (Å²) in [5.41, 5.74) is 12.2. The van der Waals surface area contributed by atoms with Crippen LogP contribution in [0.25, 0.3) is 11.3 Å². The molecule has 2 aromatic rings. The zero-order valence-electron chi connectivity index (χ0n) is 11.7. The Bertz CT molecular complexity index is 559. The van der Waals surface area contributed by atoms with Gasteiger partial charge in [0.2, 0.25) is 0 Å². The Hall–Kier alpha value is -1.19. The number of benzene rings is 1. The standard InChI is InChI=1S/C15H20N2S/c1-8-6-9(2)13(10(3)7-8)14-12(5)18-15(17-14)11(4)16/h6-7,11H,16H2,1-5H3. The second-order valence-electron chi connectivity index (χ2n) is 5.02. The van der Waals surface area contributed by atoms with E-state index in [-0.39, 0.29) is 6.04 Å². The maximum atomic E-state index is 5.92. The maximum absolute atomic E-state index is 5.92. The van der Waals surface area contributed by atoms with Gasteiger partial charge in [0.15, 0.2) is 0 Å². The minimum absolute atomic E-state index is 0.00788. The minimum Gasteiger partial charge on any atom is -0.322 e. The molecule has 96 valence electrons. The number of nitrogens with two attached hydrogens (primary N) is 1. The van der Waals surface area contributed by atoms with Crippen LogP contribution in [-0.2, 0) is 0 Å². The molecule has 2 rings (SSSR count). The summed E-state index contributed by atoms with van der Waals surface area (Å²) in [6.45, 7) is 10.5. The molecule has 18 heavy (non-hydrogen) atoms. The molecule has 0 aliphatic rings. The van der Waals surface area contributed by atoms with Crippen LogP contribution in [0.1, 0.15) is 39.5 Å². The fraction of sp³-hybridized carbons (Fsp3) is 0.400. The van der Waals surface area contributed by atoms with Gasteiger partial charge in [-0.15, -0.1) is 11.3 Å². The molecule has 3 heteroatoms. The Morgan fingerprint density at radius 3 is 2.11 bits per heavy atom. The first kappa shape index (κ1) is 13.2. The minimum atomic E-state index is 0.00788. The summed E-state index contributed by atoms with van der Waals surface area (Å²) in [5, 5.41) is 1.02. The molecule has 0 spiro atoms. The van der Waals surface area contributed by atoms with Gasteiger partial charge in [0.05, 0.1) is 11.7 Å². The van der Waals surface area contributed by atoms with E-state index in [0.29, 0.717) is 0 Å². The number of hydrogen-bond acceptors (Lipinski definition) is 3. The van der Waals surface area contributed by atoms with Gasteiger partial charge in [-0.3, -0.25) is 0 Å². The SMILES string of the molecule is Cc1cc(C)c(-c2nc(C(C)N)sc2C)c(C)c1. The van der Waals surface area contributed by atoms with Crippen molar-refractivity contribution in [3.63, 3.8) is 0 Å². The van der Waals surface area contributed by atoms with E-state index < -0.39 is 0 Å². The van der Waals surface area contributed by atoms with Gasteiger partial charge in [-0.25, -0.2) is 4.98 Å². The Labute approximate surface area is 113 Å². The Morgan fingerprint density at radius 1 is 1.11 bits per heavy atom. The van der Waals surface area contributed by atoms with Crippen LogP contribution in [0, 0.1) is 27.7 Å². The normalized spacial score (nSPS) is 12.8. The van der Waals surface area contributed by atoms with E-state index in [1.165, 1.54) is 27.1 Å². The molecule has 0 amide bonds. The van der Waals surface area contributed by atoms with Crippen molar-refractivity contribution in [2.45, 2.75) is 40.7 Å². The summed E-state index contributed by atoms with van der Waals surface area (Å²) >= 11 is 1.70. The van der Waals surface area contributed by atoms with Crippen molar-refractivity contribution in [3.8, 4) is 11.3 Å². The van der Waals surface area contributed by atoms with Crippen molar-refractivity contribution in [3.05, 3.63) is 38.7 Å². The van der Waals surface area contributed by atoms with E-state index in [4.69, 9.17) is 10.7 Å². The molecule has 0 aliphatic carbocycles. The molecular weight excluding hydrogens is 240 g/mol. The van der Waals surface area contributed by atoms with Gasteiger partial charge in [-0.2, -0.15) is 0 Å². The molecule has 0 fully saturated rings. The molecule has 1 atom stereocenters. The number of hydrogen-bond donors (Lipinski definition) is 1. The van der Waals surface area contributed by atoms with Gasteiger partial charge >= 0.3 is 0 Å². The first-order chi connectivity index (χ1) is 8.40. The van der Waals surface area contributed by atoms with E-state index in [1.807, 2.05) is 6.92 Å². The molecule has 0 bridgehead atoms. The van der Waals surface area contributed by atoms with Gasteiger partial charge in [0.1, 0.15) is 5.01 Å². The fourth-order valence-electron chi connectivity index (χ4n) is 2.40. The Balaban J connectivity index is 2.62.